The zero-order chi connectivity index (χ0) is 15.7. The van der Waals surface area contributed by atoms with Crippen LogP contribution < -0.4 is 5.32 Å². The van der Waals surface area contributed by atoms with Gasteiger partial charge in [-0.1, -0.05) is 6.07 Å². The molecule has 4 heteroatoms. The standard InChI is InChI=1S/C18H17N3O/c1-11-4-5-15(8-12(11)2)21-18(22)16-9-14-10-19-7-6-17(14)20-13(16)3/h4-10H,1-3H3,(H,21,22). The van der Waals surface area contributed by atoms with E-state index in [1.165, 1.54) is 5.56 Å². The van der Waals surface area contributed by atoms with Crippen LogP contribution in [0.25, 0.3) is 10.9 Å². The quantitative estimate of drug-likeness (QED) is 0.781. The molecule has 2 heterocycles. The molecule has 22 heavy (non-hydrogen) atoms. The SMILES string of the molecule is Cc1ccc(NC(=O)c2cc3cnccc3nc2C)cc1C. The van der Waals surface area contributed by atoms with E-state index in [0.29, 0.717) is 11.3 Å². The molecule has 0 saturated carbocycles. The smallest absolute Gasteiger partial charge is 0.257 e. The van der Waals surface area contributed by atoms with Crippen LogP contribution in [-0.4, -0.2) is 15.9 Å². The van der Waals surface area contributed by atoms with Gasteiger partial charge in [-0.2, -0.15) is 0 Å². The Balaban J connectivity index is 1.94. The van der Waals surface area contributed by atoms with E-state index in [2.05, 4.69) is 15.3 Å². The van der Waals surface area contributed by atoms with Gasteiger partial charge in [-0.3, -0.25) is 14.8 Å². The lowest BCUT2D eigenvalue weighted by Crippen LogP contribution is -2.14. The first kappa shape index (κ1) is 14.2. The molecule has 4 nitrogen and oxygen atoms in total. The fourth-order valence-corrected chi connectivity index (χ4v) is 2.36. The highest BCUT2D eigenvalue weighted by Crippen LogP contribution is 2.18. The van der Waals surface area contributed by atoms with Crippen molar-refractivity contribution in [2.24, 2.45) is 0 Å². The Kier molecular flexibility index (Phi) is 3.59. The molecule has 0 saturated heterocycles. The second kappa shape index (κ2) is 5.56. The number of amides is 1. The van der Waals surface area contributed by atoms with Crippen molar-refractivity contribution < 1.29 is 4.79 Å². The molecule has 0 radical (unpaired) electrons. The predicted molar refractivity (Wildman–Crippen MR) is 88.1 cm³/mol. The molecular formula is C18H17N3O. The minimum Gasteiger partial charge on any atom is -0.322 e. The summed E-state index contributed by atoms with van der Waals surface area (Å²) in [7, 11) is 0. The van der Waals surface area contributed by atoms with E-state index in [-0.39, 0.29) is 5.91 Å². The minimum atomic E-state index is -0.154. The van der Waals surface area contributed by atoms with E-state index in [1.54, 1.807) is 12.4 Å². The molecule has 3 rings (SSSR count). The molecule has 0 spiro atoms. The molecule has 0 unspecified atom stereocenters. The highest BCUT2D eigenvalue weighted by atomic mass is 16.1. The van der Waals surface area contributed by atoms with Crippen molar-refractivity contribution in [1.82, 2.24) is 9.97 Å². The molecule has 0 fully saturated rings. The van der Waals surface area contributed by atoms with Gasteiger partial charge in [0.2, 0.25) is 0 Å². The van der Waals surface area contributed by atoms with Crippen molar-refractivity contribution >= 4 is 22.5 Å². The summed E-state index contributed by atoms with van der Waals surface area (Å²) < 4.78 is 0. The molecule has 2 aromatic heterocycles. The molecule has 110 valence electrons. The highest BCUT2D eigenvalue weighted by Gasteiger charge is 2.12. The summed E-state index contributed by atoms with van der Waals surface area (Å²) in [5.74, 6) is -0.154. The first-order valence-electron chi connectivity index (χ1n) is 7.14. The maximum absolute atomic E-state index is 12.5. The van der Waals surface area contributed by atoms with Gasteiger partial charge in [0, 0.05) is 23.5 Å². The number of nitrogens with one attached hydrogen (secondary N) is 1. The average Bonchev–Trinajstić information content (AvgIpc) is 2.50. The number of carbonyl (C=O) groups excluding carboxylic acids is 1. The Labute approximate surface area is 129 Å². The molecule has 0 aliphatic rings. The van der Waals surface area contributed by atoms with Gasteiger partial charge in [0.15, 0.2) is 0 Å². The van der Waals surface area contributed by atoms with Crippen LogP contribution in [0.1, 0.15) is 27.2 Å². The molecule has 0 bridgehead atoms. The number of pyridine rings is 2. The van der Waals surface area contributed by atoms with E-state index in [4.69, 9.17) is 0 Å². The first-order chi connectivity index (χ1) is 10.5. The largest absolute Gasteiger partial charge is 0.322 e. The third-order valence-electron chi connectivity index (χ3n) is 3.82. The zero-order valence-corrected chi connectivity index (χ0v) is 12.8. The van der Waals surface area contributed by atoms with Crippen molar-refractivity contribution in [3.8, 4) is 0 Å². The van der Waals surface area contributed by atoms with E-state index in [1.807, 2.05) is 51.1 Å². The van der Waals surface area contributed by atoms with Gasteiger partial charge in [0.05, 0.1) is 16.8 Å². The molecule has 0 aliphatic carbocycles. The van der Waals surface area contributed by atoms with Crippen molar-refractivity contribution in [3.63, 3.8) is 0 Å². The fourth-order valence-electron chi connectivity index (χ4n) is 2.36. The zero-order valence-electron chi connectivity index (χ0n) is 12.8. The van der Waals surface area contributed by atoms with E-state index < -0.39 is 0 Å². The van der Waals surface area contributed by atoms with Crippen molar-refractivity contribution in [2.75, 3.05) is 5.32 Å². The van der Waals surface area contributed by atoms with Crippen LogP contribution >= 0.6 is 0 Å². The van der Waals surface area contributed by atoms with E-state index >= 15 is 0 Å². The molecule has 1 N–H and O–H groups in total. The Morgan fingerprint density at radius 1 is 1.05 bits per heavy atom. The van der Waals surface area contributed by atoms with Gasteiger partial charge in [-0.15, -0.1) is 0 Å². The number of hydrogen-bond acceptors (Lipinski definition) is 3. The lowest BCUT2D eigenvalue weighted by atomic mass is 10.1. The molecule has 1 amide bonds. The number of aromatic nitrogens is 2. The topological polar surface area (TPSA) is 54.9 Å². The van der Waals surface area contributed by atoms with Gasteiger partial charge in [-0.05, 0) is 56.2 Å². The molecule has 3 aromatic rings. The number of nitrogens with zero attached hydrogens (tertiary/aromatic N) is 2. The van der Waals surface area contributed by atoms with Crippen LogP contribution in [0.4, 0.5) is 5.69 Å². The number of carbonyl (C=O) groups is 1. The minimum absolute atomic E-state index is 0.154. The summed E-state index contributed by atoms with van der Waals surface area (Å²) in [6.07, 6.45) is 3.41. The van der Waals surface area contributed by atoms with Gasteiger partial charge < -0.3 is 5.32 Å². The third-order valence-corrected chi connectivity index (χ3v) is 3.82. The van der Waals surface area contributed by atoms with Gasteiger partial charge >= 0.3 is 0 Å². The number of benzene rings is 1. The number of fused-ring (bicyclic) bond motifs is 1. The summed E-state index contributed by atoms with van der Waals surface area (Å²) >= 11 is 0. The third kappa shape index (κ3) is 2.68. The second-order valence-corrected chi connectivity index (χ2v) is 5.44. The number of anilines is 1. The van der Waals surface area contributed by atoms with Crippen LogP contribution in [0.15, 0.2) is 42.7 Å². The lowest BCUT2D eigenvalue weighted by molar-refractivity contribution is 0.102. The van der Waals surface area contributed by atoms with Crippen LogP contribution in [0, 0.1) is 20.8 Å². The van der Waals surface area contributed by atoms with Crippen LogP contribution in [0.5, 0.6) is 0 Å². The van der Waals surface area contributed by atoms with Crippen molar-refractivity contribution in [1.29, 1.82) is 0 Å². The van der Waals surface area contributed by atoms with Crippen LogP contribution in [0.2, 0.25) is 0 Å². The maximum Gasteiger partial charge on any atom is 0.257 e. The average molecular weight is 291 g/mol. The van der Waals surface area contributed by atoms with Crippen molar-refractivity contribution in [2.45, 2.75) is 20.8 Å². The summed E-state index contributed by atoms with van der Waals surface area (Å²) in [4.78, 5) is 21.0. The highest BCUT2D eigenvalue weighted by molar-refractivity contribution is 6.06. The molecule has 0 aliphatic heterocycles. The summed E-state index contributed by atoms with van der Waals surface area (Å²) in [5.41, 5.74) is 5.26. The van der Waals surface area contributed by atoms with E-state index in [9.17, 15) is 4.79 Å². The summed E-state index contributed by atoms with van der Waals surface area (Å²) in [6.45, 7) is 5.92. The number of aryl methyl sites for hydroxylation is 3. The summed E-state index contributed by atoms with van der Waals surface area (Å²) in [6, 6.07) is 9.55. The van der Waals surface area contributed by atoms with Gasteiger partial charge in [-0.25, -0.2) is 0 Å². The normalized spacial score (nSPS) is 10.7. The predicted octanol–water partition coefficient (Wildman–Crippen LogP) is 3.81. The molecule has 1 aromatic carbocycles. The Morgan fingerprint density at radius 2 is 1.86 bits per heavy atom. The monoisotopic (exact) mass is 291 g/mol. The summed E-state index contributed by atoms with van der Waals surface area (Å²) in [5, 5.41) is 3.79. The van der Waals surface area contributed by atoms with Crippen LogP contribution in [0.3, 0.4) is 0 Å². The van der Waals surface area contributed by atoms with Crippen LogP contribution in [-0.2, 0) is 0 Å². The molecular weight excluding hydrogens is 274 g/mol. The number of hydrogen-bond donors (Lipinski definition) is 1. The first-order valence-corrected chi connectivity index (χ1v) is 7.14. The molecule has 0 atom stereocenters. The second-order valence-electron chi connectivity index (χ2n) is 5.44. The fraction of sp³-hybridized carbons (Fsp3) is 0.167. The Bertz CT molecular complexity index is 871. The van der Waals surface area contributed by atoms with Crippen molar-refractivity contribution in [3.05, 3.63) is 65.1 Å². The van der Waals surface area contributed by atoms with Gasteiger partial charge in [0.25, 0.3) is 5.91 Å². The lowest BCUT2D eigenvalue weighted by Gasteiger charge is -2.10. The Hall–Kier alpha value is -2.75. The maximum atomic E-state index is 12.5. The van der Waals surface area contributed by atoms with Gasteiger partial charge in [0.1, 0.15) is 0 Å². The van der Waals surface area contributed by atoms with E-state index in [0.717, 1.165) is 22.2 Å². The Morgan fingerprint density at radius 3 is 2.64 bits per heavy atom. The number of rotatable bonds is 2.